The Kier molecular flexibility index (Phi) is 3.78. The third kappa shape index (κ3) is 3.05. The van der Waals surface area contributed by atoms with Gasteiger partial charge in [-0.2, -0.15) is 0 Å². The van der Waals surface area contributed by atoms with Crippen molar-refractivity contribution < 1.29 is 14.6 Å². The SMILES string of the molecule is CC1(C)CN(C(=O)c2ccccc2N)CC(CO)O1. The Bertz CT molecular complexity index is 474. The minimum Gasteiger partial charge on any atom is -0.398 e. The molecule has 0 spiro atoms. The fraction of sp³-hybridized carbons (Fsp3) is 0.500. The van der Waals surface area contributed by atoms with E-state index in [0.29, 0.717) is 24.3 Å². The molecule has 1 atom stereocenters. The molecule has 5 heteroatoms. The smallest absolute Gasteiger partial charge is 0.256 e. The highest BCUT2D eigenvalue weighted by Gasteiger charge is 2.35. The summed E-state index contributed by atoms with van der Waals surface area (Å²) in [5.41, 5.74) is 6.33. The van der Waals surface area contributed by atoms with Crippen LogP contribution in [0.15, 0.2) is 24.3 Å². The second-order valence-electron chi connectivity index (χ2n) is 5.46. The highest BCUT2D eigenvalue weighted by atomic mass is 16.5. The third-order valence-corrected chi connectivity index (χ3v) is 3.16. The molecule has 1 aromatic carbocycles. The summed E-state index contributed by atoms with van der Waals surface area (Å²) in [6.07, 6.45) is -0.349. The van der Waals surface area contributed by atoms with Crippen molar-refractivity contribution in [2.75, 3.05) is 25.4 Å². The van der Waals surface area contributed by atoms with Crippen LogP contribution in [-0.4, -0.2) is 47.3 Å². The number of aliphatic hydroxyl groups is 1. The molecule has 1 aliphatic rings. The first-order chi connectivity index (χ1) is 8.93. The van der Waals surface area contributed by atoms with E-state index >= 15 is 0 Å². The van der Waals surface area contributed by atoms with Gasteiger partial charge >= 0.3 is 0 Å². The molecule has 1 saturated heterocycles. The average molecular weight is 264 g/mol. The van der Waals surface area contributed by atoms with Gasteiger partial charge in [0.2, 0.25) is 0 Å². The number of anilines is 1. The van der Waals surface area contributed by atoms with E-state index in [9.17, 15) is 9.90 Å². The van der Waals surface area contributed by atoms with Gasteiger partial charge in [0.05, 0.1) is 23.9 Å². The predicted octanol–water partition coefficient (Wildman–Crippen LogP) is 0.881. The van der Waals surface area contributed by atoms with E-state index in [2.05, 4.69) is 0 Å². The second kappa shape index (κ2) is 5.19. The molecule has 2 rings (SSSR count). The van der Waals surface area contributed by atoms with Crippen LogP contribution in [0.3, 0.4) is 0 Å². The topological polar surface area (TPSA) is 75.8 Å². The van der Waals surface area contributed by atoms with E-state index < -0.39 is 5.60 Å². The first-order valence-corrected chi connectivity index (χ1v) is 6.35. The average Bonchev–Trinajstić information content (AvgIpc) is 2.36. The predicted molar refractivity (Wildman–Crippen MR) is 72.8 cm³/mol. The van der Waals surface area contributed by atoms with Crippen LogP contribution in [0.25, 0.3) is 0 Å². The molecule has 3 N–H and O–H groups in total. The standard InChI is InChI=1S/C14H20N2O3/c1-14(2)9-16(7-10(8-17)19-14)13(18)11-5-3-4-6-12(11)15/h3-6,10,17H,7-9,15H2,1-2H3. The van der Waals surface area contributed by atoms with Crippen LogP contribution in [0.4, 0.5) is 5.69 Å². The van der Waals surface area contributed by atoms with Crippen molar-refractivity contribution >= 4 is 11.6 Å². The number of carbonyl (C=O) groups is 1. The monoisotopic (exact) mass is 264 g/mol. The van der Waals surface area contributed by atoms with Gasteiger partial charge in [0.25, 0.3) is 5.91 Å². The molecule has 1 unspecified atom stereocenters. The van der Waals surface area contributed by atoms with Gasteiger partial charge in [-0.3, -0.25) is 4.79 Å². The van der Waals surface area contributed by atoms with Crippen molar-refractivity contribution in [1.82, 2.24) is 4.90 Å². The van der Waals surface area contributed by atoms with Crippen molar-refractivity contribution in [1.29, 1.82) is 0 Å². The van der Waals surface area contributed by atoms with Gasteiger partial charge in [-0.05, 0) is 26.0 Å². The van der Waals surface area contributed by atoms with Gasteiger partial charge in [0, 0.05) is 18.8 Å². The van der Waals surface area contributed by atoms with Gasteiger partial charge in [-0.1, -0.05) is 12.1 Å². The van der Waals surface area contributed by atoms with Gasteiger partial charge in [-0.15, -0.1) is 0 Å². The molecule has 19 heavy (non-hydrogen) atoms. The highest BCUT2D eigenvalue weighted by molar-refractivity contribution is 5.99. The van der Waals surface area contributed by atoms with E-state index in [-0.39, 0.29) is 18.6 Å². The number of carbonyl (C=O) groups excluding carboxylic acids is 1. The van der Waals surface area contributed by atoms with Crippen molar-refractivity contribution in [3.05, 3.63) is 29.8 Å². The molecule has 1 amide bonds. The Balaban J connectivity index is 2.21. The molecule has 0 radical (unpaired) electrons. The number of nitrogen functional groups attached to an aromatic ring is 1. The minimum absolute atomic E-state index is 0.0997. The molecule has 0 aromatic heterocycles. The maximum absolute atomic E-state index is 12.5. The lowest BCUT2D eigenvalue weighted by Gasteiger charge is -2.42. The fourth-order valence-corrected chi connectivity index (χ4v) is 2.41. The molecule has 104 valence electrons. The van der Waals surface area contributed by atoms with Crippen molar-refractivity contribution in [3.8, 4) is 0 Å². The summed E-state index contributed by atoms with van der Waals surface area (Å²) in [6, 6.07) is 7.01. The zero-order valence-corrected chi connectivity index (χ0v) is 11.3. The van der Waals surface area contributed by atoms with Crippen LogP contribution in [0, 0.1) is 0 Å². The van der Waals surface area contributed by atoms with E-state index in [1.807, 2.05) is 13.8 Å². The Labute approximate surface area is 113 Å². The summed E-state index contributed by atoms with van der Waals surface area (Å²) < 4.78 is 5.69. The molecule has 0 aliphatic carbocycles. The van der Waals surface area contributed by atoms with Crippen molar-refractivity contribution in [2.24, 2.45) is 0 Å². The Morgan fingerprint density at radius 1 is 1.53 bits per heavy atom. The Morgan fingerprint density at radius 2 is 2.21 bits per heavy atom. The summed E-state index contributed by atoms with van der Waals surface area (Å²) >= 11 is 0. The quantitative estimate of drug-likeness (QED) is 0.778. The first kappa shape index (κ1) is 13.8. The number of amides is 1. The van der Waals surface area contributed by atoms with E-state index in [1.165, 1.54) is 0 Å². The molecule has 1 heterocycles. The summed E-state index contributed by atoms with van der Waals surface area (Å²) in [7, 11) is 0. The number of benzene rings is 1. The van der Waals surface area contributed by atoms with Crippen molar-refractivity contribution in [2.45, 2.75) is 25.6 Å². The number of rotatable bonds is 2. The second-order valence-corrected chi connectivity index (χ2v) is 5.46. The maximum atomic E-state index is 12.5. The fourth-order valence-electron chi connectivity index (χ4n) is 2.41. The number of para-hydroxylation sites is 1. The van der Waals surface area contributed by atoms with Gasteiger partial charge < -0.3 is 20.5 Å². The van der Waals surface area contributed by atoms with Crippen LogP contribution in [-0.2, 0) is 4.74 Å². The molecular weight excluding hydrogens is 244 g/mol. The number of aliphatic hydroxyl groups excluding tert-OH is 1. The zero-order valence-electron chi connectivity index (χ0n) is 11.3. The molecule has 0 saturated carbocycles. The first-order valence-electron chi connectivity index (χ1n) is 6.35. The third-order valence-electron chi connectivity index (χ3n) is 3.16. The van der Waals surface area contributed by atoms with Crippen LogP contribution in [0.2, 0.25) is 0 Å². The number of nitrogens with zero attached hydrogens (tertiary/aromatic N) is 1. The van der Waals surface area contributed by atoms with Crippen molar-refractivity contribution in [3.63, 3.8) is 0 Å². The molecule has 1 fully saturated rings. The summed E-state index contributed by atoms with van der Waals surface area (Å²) in [5, 5.41) is 9.26. The number of hydrogen-bond donors (Lipinski definition) is 2. The normalized spacial score (nSPS) is 22.3. The van der Waals surface area contributed by atoms with Crippen LogP contribution in [0.5, 0.6) is 0 Å². The number of nitrogens with two attached hydrogens (primary N) is 1. The molecule has 5 nitrogen and oxygen atoms in total. The lowest BCUT2D eigenvalue weighted by Crippen LogP contribution is -2.55. The van der Waals surface area contributed by atoms with Gasteiger partial charge in [0.1, 0.15) is 0 Å². The molecule has 1 aliphatic heterocycles. The summed E-state index contributed by atoms with van der Waals surface area (Å²) in [4.78, 5) is 14.2. The number of morpholine rings is 1. The van der Waals surface area contributed by atoms with Gasteiger partial charge in [0.15, 0.2) is 0 Å². The Morgan fingerprint density at radius 3 is 2.84 bits per heavy atom. The van der Waals surface area contributed by atoms with Crippen LogP contribution >= 0.6 is 0 Å². The highest BCUT2D eigenvalue weighted by Crippen LogP contribution is 2.23. The zero-order chi connectivity index (χ0) is 14.0. The molecular formula is C14H20N2O3. The Hall–Kier alpha value is -1.59. The van der Waals surface area contributed by atoms with Crippen LogP contribution < -0.4 is 5.73 Å². The van der Waals surface area contributed by atoms with E-state index in [0.717, 1.165) is 0 Å². The lowest BCUT2D eigenvalue weighted by atomic mass is 10.0. The van der Waals surface area contributed by atoms with Crippen LogP contribution in [0.1, 0.15) is 24.2 Å². The molecule has 0 bridgehead atoms. The van der Waals surface area contributed by atoms with E-state index in [1.54, 1.807) is 29.2 Å². The lowest BCUT2D eigenvalue weighted by molar-refractivity contribution is -0.139. The van der Waals surface area contributed by atoms with Gasteiger partial charge in [-0.25, -0.2) is 0 Å². The minimum atomic E-state index is -0.467. The number of ether oxygens (including phenoxy) is 1. The molecule has 1 aromatic rings. The summed E-state index contributed by atoms with van der Waals surface area (Å²) in [6.45, 7) is 4.58. The largest absolute Gasteiger partial charge is 0.398 e. The van der Waals surface area contributed by atoms with E-state index in [4.69, 9.17) is 10.5 Å². The number of hydrogen-bond acceptors (Lipinski definition) is 4. The summed E-state index contributed by atoms with van der Waals surface area (Å²) in [5.74, 6) is -0.118. The maximum Gasteiger partial charge on any atom is 0.256 e.